The molecule has 1 aliphatic heterocycles. The van der Waals surface area contributed by atoms with E-state index in [1.54, 1.807) is 19.1 Å². The summed E-state index contributed by atoms with van der Waals surface area (Å²) >= 11 is 1.27. The minimum Gasteiger partial charge on any atom is -0.489 e. The summed E-state index contributed by atoms with van der Waals surface area (Å²) in [5.41, 5.74) is -1.59. The second kappa shape index (κ2) is 9.03. The first-order chi connectivity index (χ1) is 12.8. The van der Waals surface area contributed by atoms with Crippen LogP contribution in [0, 0.1) is 0 Å². The predicted octanol–water partition coefficient (Wildman–Crippen LogP) is 2.66. The van der Waals surface area contributed by atoms with Crippen LogP contribution in [0.4, 0.5) is 0 Å². The highest BCUT2D eigenvalue weighted by Gasteiger charge is 2.40. The third-order valence-corrected chi connectivity index (χ3v) is 5.34. The van der Waals surface area contributed by atoms with Gasteiger partial charge in [0.25, 0.3) is 0 Å². The first-order valence-corrected chi connectivity index (χ1v) is 9.71. The maximum atomic E-state index is 12.8. The van der Waals surface area contributed by atoms with Gasteiger partial charge in [0.2, 0.25) is 5.91 Å². The van der Waals surface area contributed by atoms with Crippen LogP contribution in [0.3, 0.4) is 0 Å². The van der Waals surface area contributed by atoms with Gasteiger partial charge in [-0.1, -0.05) is 26.0 Å². The Morgan fingerprint density at radius 2 is 2.26 bits per heavy atom. The maximum Gasteiger partial charge on any atom is 0.339 e. The Morgan fingerprint density at radius 3 is 2.85 bits per heavy atom. The molecule has 2 heterocycles. The standard InChI is InChI=1S/C19H24N2O5S/c1-5-7-14(15-9-13(25-8-6-2)10-16(23)26-15)20-18(24)19(4)11-27-17(21-19)12(3)22/h6,9-10,14H,2,5,7-8,11H2,1,3-4H3,(H,20,24)/t14-,19?/m1/s1. The lowest BCUT2D eigenvalue weighted by molar-refractivity contribution is -0.125. The Labute approximate surface area is 162 Å². The zero-order valence-corrected chi connectivity index (χ0v) is 16.6. The number of thioether (sulfide) groups is 1. The van der Waals surface area contributed by atoms with Crippen LogP contribution in [0.25, 0.3) is 0 Å². The fourth-order valence-corrected chi connectivity index (χ4v) is 3.65. The van der Waals surface area contributed by atoms with Gasteiger partial charge in [0.15, 0.2) is 5.78 Å². The molecule has 1 aromatic rings. The molecule has 0 aliphatic carbocycles. The number of ether oxygens (including phenoxy) is 1. The van der Waals surface area contributed by atoms with E-state index in [0.29, 0.717) is 28.7 Å². The van der Waals surface area contributed by atoms with Gasteiger partial charge in [0.1, 0.15) is 28.7 Å². The molecule has 0 saturated carbocycles. The van der Waals surface area contributed by atoms with E-state index in [1.807, 2.05) is 6.92 Å². The topological polar surface area (TPSA) is 98.0 Å². The first-order valence-electron chi connectivity index (χ1n) is 8.72. The fourth-order valence-electron chi connectivity index (χ4n) is 2.57. The van der Waals surface area contributed by atoms with E-state index in [0.717, 1.165) is 6.42 Å². The van der Waals surface area contributed by atoms with Gasteiger partial charge in [0.05, 0.1) is 12.1 Å². The number of carbonyl (C=O) groups is 2. The summed E-state index contributed by atoms with van der Waals surface area (Å²) in [5.74, 6) is 0.598. The van der Waals surface area contributed by atoms with Crippen molar-refractivity contribution < 1.29 is 18.7 Å². The van der Waals surface area contributed by atoms with E-state index in [2.05, 4.69) is 16.9 Å². The van der Waals surface area contributed by atoms with Crippen molar-refractivity contribution in [3.8, 4) is 5.75 Å². The first kappa shape index (κ1) is 21.0. The van der Waals surface area contributed by atoms with Gasteiger partial charge in [-0.2, -0.15) is 0 Å². The number of nitrogens with one attached hydrogen (secondary N) is 1. The quantitative estimate of drug-likeness (QED) is 0.649. The van der Waals surface area contributed by atoms with E-state index >= 15 is 0 Å². The van der Waals surface area contributed by atoms with Gasteiger partial charge in [-0.3, -0.25) is 14.6 Å². The smallest absolute Gasteiger partial charge is 0.339 e. The number of aliphatic imine (C=N–C) groups is 1. The average Bonchev–Trinajstić information content (AvgIpc) is 3.03. The van der Waals surface area contributed by atoms with Crippen LogP contribution in [0.2, 0.25) is 0 Å². The molecule has 0 bridgehead atoms. The highest BCUT2D eigenvalue weighted by atomic mass is 32.2. The van der Waals surface area contributed by atoms with Crippen molar-refractivity contribution in [2.75, 3.05) is 12.4 Å². The lowest BCUT2D eigenvalue weighted by Gasteiger charge is -2.24. The number of Topliss-reactive ketones (excluding diaryl/α,β-unsaturated/α-hetero) is 1. The van der Waals surface area contributed by atoms with Crippen molar-refractivity contribution >= 4 is 28.5 Å². The van der Waals surface area contributed by atoms with Crippen LogP contribution in [0.1, 0.15) is 45.4 Å². The molecular formula is C19H24N2O5S. The molecule has 27 heavy (non-hydrogen) atoms. The van der Waals surface area contributed by atoms with E-state index in [-0.39, 0.29) is 18.3 Å². The molecule has 2 atom stereocenters. The monoisotopic (exact) mass is 392 g/mol. The highest BCUT2D eigenvalue weighted by molar-refractivity contribution is 8.16. The van der Waals surface area contributed by atoms with E-state index in [1.165, 1.54) is 24.8 Å². The number of amides is 1. The summed E-state index contributed by atoms with van der Waals surface area (Å²) in [6.45, 7) is 8.91. The summed E-state index contributed by atoms with van der Waals surface area (Å²) in [6, 6.07) is 2.35. The SMILES string of the molecule is C=CCOc1cc([C@@H](CCC)NC(=O)C2(C)CSC(C(C)=O)=N2)oc(=O)c1. The zero-order chi connectivity index (χ0) is 20.0. The molecule has 1 aromatic heterocycles. The molecule has 0 saturated heterocycles. The predicted molar refractivity (Wildman–Crippen MR) is 105 cm³/mol. The van der Waals surface area contributed by atoms with Crippen LogP contribution < -0.4 is 15.7 Å². The van der Waals surface area contributed by atoms with Gasteiger partial charge in [-0.05, 0) is 13.3 Å². The Bertz CT molecular complexity index is 817. The van der Waals surface area contributed by atoms with Crippen LogP contribution >= 0.6 is 11.8 Å². The van der Waals surface area contributed by atoms with E-state index < -0.39 is 17.2 Å². The number of ketones is 1. The number of hydrogen-bond donors (Lipinski definition) is 1. The lowest BCUT2D eigenvalue weighted by Crippen LogP contribution is -2.45. The lowest BCUT2D eigenvalue weighted by atomic mass is 10.0. The molecule has 146 valence electrons. The van der Waals surface area contributed by atoms with Gasteiger partial charge in [-0.15, -0.1) is 11.8 Å². The van der Waals surface area contributed by atoms with Crippen molar-refractivity contribution in [2.45, 2.75) is 45.2 Å². The number of nitrogens with zero attached hydrogens (tertiary/aromatic N) is 1. The molecule has 0 spiro atoms. The third kappa shape index (κ3) is 5.32. The third-order valence-electron chi connectivity index (χ3n) is 3.99. The van der Waals surface area contributed by atoms with Gasteiger partial charge >= 0.3 is 5.63 Å². The van der Waals surface area contributed by atoms with Crippen molar-refractivity contribution in [3.63, 3.8) is 0 Å². The minimum absolute atomic E-state index is 0.153. The normalized spacial score (nSPS) is 19.9. The van der Waals surface area contributed by atoms with Crippen LogP contribution in [0.15, 0.2) is 39.0 Å². The number of carbonyl (C=O) groups excluding carboxylic acids is 2. The highest BCUT2D eigenvalue weighted by Crippen LogP contribution is 2.30. The van der Waals surface area contributed by atoms with Crippen molar-refractivity contribution in [1.82, 2.24) is 5.32 Å². The Balaban J connectivity index is 2.24. The van der Waals surface area contributed by atoms with Gasteiger partial charge in [-0.25, -0.2) is 4.79 Å². The molecule has 1 amide bonds. The van der Waals surface area contributed by atoms with Crippen molar-refractivity contribution in [2.24, 2.45) is 4.99 Å². The Hall–Kier alpha value is -2.35. The molecular weight excluding hydrogens is 368 g/mol. The summed E-state index contributed by atoms with van der Waals surface area (Å²) in [7, 11) is 0. The van der Waals surface area contributed by atoms with Crippen LogP contribution in [-0.2, 0) is 9.59 Å². The molecule has 1 aliphatic rings. The molecule has 0 aromatic carbocycles. The molecule has 7 nitrogen and oxygen atoms in total. The van der Waals surface area contributed by atoms with Crippen LogP contribution in [0.5, 0.6) is 5.75 Å². The average molecular weight is 392 g/mol. The van der Waals surface area contributed by atoms with Gasteiger partial charge < -0.3 is 14.5 Å². The Kier molecular flexibility index (Phi) is 7.01. The van der Waals surface area contributed by atoms with Crippen molar-refractivity contribution in [1.29, 1.82) is 0 Å². The molecule has 1 unspecified atom stereocenters. The number of rotatable bonds is 9. The van der Waals surface area contributed by atoms with Gasteiger partial charge in [0, 0.05) is 18.7 Å². The molecule has 0 fully saturated rings. The van der Waals surface area contributed by atoms with E-state index in [9.17, 15) is 14.4 Å². The molecule has 0 radical (unpaired) electrons. The second-order valence-electron chi connectivity index (χ2n) is 6.46. The van der Waals surface area contributed by atoms with E-state index in [4.69, 9.17) is 9.15 Å². The van der Waals surface area contributed by atoms with Crippen LogP contribution in [-0.4, -0.2) is 34.6 Å². The maximum absolute atomic E-state index is 12.8. The summed E-state index contributed by atoms with van der Waals surface area (Å²) in [5, 5.41) is 3.26. The zero-order valence-electron chi connectivity index (χ0n) is 15.7. The summed E-state index contributed by atoms with van der Waals surface area (Å²) < 4.78 is 10.7. The molecule has 2 rings (SSSR count). The molecule has 8 heteroatoms. The Morgan fingerprint density at radius 1 is 1.52 bits per heavy atom. The van der Waals surface area contributed by atoms with Crippen molar-refractivity contribution in [3.05, 3.63) is 41.0 Å². The number of hydrogen-bond acceptors (Lipinski definition) is 7. The summed E-state index contributed by atoms with van der Waals surface area (Å²) in [4.78, 5) is 40.5. The fraction of sp³-hybridized carbons (Fsp3) is 0.474. The minimum atomic E-state index is -1.03. The second-order valence-corrected chi connectivity index (χ2v) is 7.43. The summed E-state index contributed by atoms with van der Waals surface area (Å²) in [6.07, 6.45) is 2.91. The molecule has 1 N–H and O–H groups in total. The largest absolute Gasteiger partial charge is 0.489 e.